The predicted octanol–water partition coefficient (Wildman–Crippen LogP) is 0.834. The molecule has 0 spiro atoms. The van der Waals surface area contributed by atoms with Crippen LogP contribution in [0.1, 0.15) is 13.0 Å². The molecular weight excluding hydrogens is 230 g/mol. The first-order valence-electron chi connectivity index (χ1n) is 5.58. The molecule has 2 rings (SSSR count). The lowest BCUT2D eigenvalue weighted by molar-refractivity contribution is -0.123. The first kappa shape index (κ1) is 12.1. The molecule has 18 heavy (non-hydrogen) atoms. The first-order valence-corrected chi connectivity index (χ1v) is 5.58. The smallest absolute Gasteiger partial charge is 0.242 e. The lowest BCUT2D eigenvalue weighted by atomic mass is 10.1. The maximum atomic E-state index is 11.7. The van der Waals surface area contributed by atoms with Gasteiger partial charge in [-0.1, -0.05) is 0 Å². The maximum Gasteiger partial charge on any atom is 0.242 e. The zero-order chi connectivity index (χ0) is 13.1. The van der Waals surface area contributed by atoms with E-state index >= 15 is 0 Å². The molecule has 0 fully saturated rings. The van der Waals surface area contributed by atoms with Gasteiger partial charge in [-0.25, -0.2) is 4.98 Å². The molecule has 2 heterocycles. The predicted molar refractivity (Wildman–Crippen MR) is 68.6 cm³/mol. The molecule has 2 aromatic heterocycles. The number of carbonyl (C=O) groups excluding carboxylic acids is 1. The number of nitrogen functional groups attached to an aromatic ring is 1. The number of amides is 1. The minimum absolute atomic E-state index is 0.0864. The summed E-state index contributed by atoms with van der Waals surface area (Å²) in [6.45, 7) is 1.80. The van der Waals surface area contributed by atoms with E-state index in [1.165, 1.54) is 0 Å². The van der Waals surface area contributed by atoms with Crippen LogP contribution in [0.3, 0.4) is 0 Å². The minimum atomic E-state index is -0.355. The highest BCUT2D eigenvalue weighted by atomic mass is 16.2. The Kier molecular flexibility index (Phi) is 3.27. The van der Waals surface area contributed by atoms with Crippen LogP contribution in [-0.2, 0) is 4.79 Å². The molecule has 0 aliphatic carbocycles. The fourth-order valence-electron chi connectivity index (χ4n) is 1.78. The number of nitrogens with one attached hydrogen (secondary N) is 1. The molecule has 6 heteroatoms. The standard InChI is InChI=1S/C12H15N5O/c1-8(12(18)14-2)17-7-16-6-11(17)9-5-15-4-3-10(9)13/h3-8H,1-2H3,(H2,13,15)(H,14,18). The fraction of sp³-hybridized carbons (Fsp3) is 0.250. The molecule has 1 atom stereocenters. The van der Waals surface area contributed by atoms with Gasteiger partial charge in [0.15, 0.2) is 0 Å². The second-order valence-corrected chi connectivity index (χ2v) is 3.94. The van der Waals surface area contributed by atoms with E-state index < -0.39 is 0 Å². The molecule has 0 saturated carbocycles. The van der Waals surface area contributed by atoms with Crippen LogP contribution in [-0.4, -0.2) is 27.5 Å². The van der Waals surface area contributed by atoms with Crippen molar-refractivity contribution in [3.8, 4) is 11.3 Å². The second kappa shape index (κ2) is 4.87. The Labute approximate surface area is 105 Å². The van der Waals surface area contributed by atoms with Crippen molar-refractivity contribution in [2.45, 2.75) is 13.0 Å². The van der Waals surface area contributed by atoms with Crippen molar-refractivity contribution >= 4 is 11.6 Å². The summed E-state index contributed by atoms with van der Waals surface area (Å²) in [6, 6.07) is 1.36. The van der Waals surface area contributed by atoms with E-state index in [1.807, 2.05) is 0 Å². The topological polar surface area (TPSA) is 85.8 Å². The van der Waals surface area contributed by atoms with E-state index in [4.69, 9.17) is 5.73 Å². The average molecular weight is 245 g/mol. The van der Waals surface area contributed by atoms with Crippen LogP contribution in [0.4, 0.5) is 5.69 Å². The van der Waals surface area contributed by atoms with Gasteiger partial charge >= 0.3 is 0 Å². The number of aromatic nitrogens is 3. The lowest BCUT2D eigenvalue weighted by Gasteiger charge is -2.15. The van der Waals surface area contributed by atoms with Crippen molar-refractivity contribution in [3.05, 3.63) is 31.0 Å². The third-order valence-electron chi connectivity index (χ3n) is 2.84. The van der Waals surface area contributed by atoms with Crippen LogP contribution in [0.2, 0.25) is 0 Å². The van der Waals surface area contributed by atoms with Crippen molar-refractivity contribution in [3.63, 3.8) is 0 Å². The molecule has 0 aromatic carbocycles. The molecule has 6 nitrogen and oxygen atoms in total. The van der Waals surface area contributed by atoms with E-state index in [9.17, 15) is 4.79 Å². The monoisotopic (exact) mass is 245 g/mol. The van der Waals surface area contributed by atoms with Gasteiger partial charge in [0.25, 0.3) is 0 Å². The molecule has 94 valence electrons. The zero-order valence-electron chi connectivity index (χ0n) is 10.3. The van der Waals surface area contributed by atoms with E-state index in [-0.39, 0.29) is 11.9 Å². The van der Waals surface area contributed by atoms with E-state index in [0.29, 0.717) is 5.69 Å². The van der Waals surface area contributed by atoms with Crippen molar-refractivity contribution < 1.29 is 4.79 Å². The van der Waals surface area contributed by atoms with Gasteiger partial charge in [0.05, 0.1) is 18.2 Å². The molecule has 0 aliphatic heterocycles. The Balaban J connectivity index is 2.46. The number of nitrogens with zero attached hydrogens (tertiary/aromatic N) is 3. The average Bonchev–Trinajstić information content (AvgIpc) is 2.86. The fourth-order valence-corrected chi connectivity index (χ4v) is 1.78. The van der Waals surface area contributed by atoms with Crippen molar-refractivity contribution in [1.82, 2.24) is 19.9 Å². The Bertz CT molecular complexity index is 563. The third kappa shape index (κ3) is 2.04. The minimum Gasteiger partial charge on any atom is -0.398 e. The number of hydrogen-bond donors (Lipinski definition) is 2. The molecule has 1 amide bonds. The second-order valence-electron chi connectivity index (χ2n) is 3.94. The largest absolute Gasteiger partial charge is 0.398 e. The summed E-state index contributed by atoms with van der Waals surface area (Å²) in [6.07, 6.45) is 6.58. The normalized spacial score (nSPS) is 12.1. The van der Waals surface area contributed by atoms with Gasteiger partial charge in [0, 0.05) is 30.7 Å². The Morgan fingerprint density at radius 3 is 2.89 bits per heavy atom. The van der Waals surface area contributed by atoms with Gasteiger partial charge in [0.2, 0.25) is 5.91 Å². The summed E-state index contributed by atoms with van der Waals surface area (Å²) >= 11 is 0. The zero-order valence-corrected chi connectivity index (χ0v) is 10.3. The summed E-state index contributed by atoms with van der Waals surface area (Å²) < 4.78 is 1.77. The quantitative estimate of drug-likeness (QED) is 0.838. The number of rotatable bonds is 3. The molecule has 0 saturated heterocycles. The number of likely N-dealkylation sites (N-methyl/N-ethyl adjacent to an activating group) is 1. The SMILES string of the molecule is CNC(=O)C(C)n1cncc1-c1cnccc1N. The lowest BCUT2D eigenvalue weighted by Crippen LogP contribution is -2.27. The van der Waals surface area contributed by atoms with Crippen LogP contribution in [0.25, 0.3) is 11.3 Å². The van der Waals surface area contributed by atoms with E-state index in [2.05, 4.69) is 15.3 Å². The number of hydrogen-bond acceptors (Lipinski definition) is 4. The maximum absolute atomic E-state index is 11.7. The van der Waals surface area contributed by atoms with Gasteiger partial charge < -0.3 is 15.6 Å². The van der Waals surface area contributed by atoms with E-state index in [0.717, 1.165) is 11.3 Å². The van der Waals surface area contributed by atoms with Gasteiger partial charge in [-0.3, -0.25) is 9.78 Å². The van der Waals surface area contributed by atoms with Gasteiger partial charge in [-0.2, -0.15) is 0 Å². The number of nitrogens with two attached hydrogens (primary N) is 1. The van der Waals surface area contributed by atoms with E-state index in [1.54, 1.807) is 49.5 Å². The van der Waals surface area contributed by atoms with Crippen LogP contribution in [0.15, 0.2) is 31.0 Å². The van der Waals surface area contributed by atoms with Crippen LogP contribution in [0, 0.1) is 0 Å². The summed E-state index contributed by atoms with van der Waals surface area (Å²) in [5, 5.41) is 2.61. The number of imidazole rings is 1. The van der Waals surface area contributed by atoms with Gasteiger partial charge in [0.1, 0.15) is 6.04 Å². The van der Waals surface area contributed by atoms with Crippen molar-refractivity contribution in [2.75, 3.05) is 12.8 Å². The van der Waals surface area contributed by atoms with Crippen LogP contribution in [0.5, 0.6) is 0 Å². The highest BCUT2D eigenvalue weighted by molar-refractivity contribution is 5.81. The summed E-state index contributed by atoms with van der Waals surface area (Å²) in [5.41, 5.74) is 8.06. The summed E-state index contributed by atoms with van der Waals surface area (Å²) in [4.78, 5) is 19.8. The van der Waals surface area contributed by atoms with Crippen LogP contribution >= 0.6 is 0 Å². The first-order chi connectivity index (χ1) is 8.65. The Morgan fingerprint density at radius 2 is 2.22 bits per heavy atom. The highest BCUT2D eigenvalue weighted by Gasteiger charge is 2.18. The van der Waals surface area contributed by atoms with Gasteiger partial charge in [-0.05, 0) is 13.0 Å². The highest BCUT2D eigenvalue weighted by Crippen LogP contribution is 2.26. The van der Waals surface area contributed by atoms with Gasteiger partial charge in [-0.15, -0.1) is 0 Å². The number of pyridine rings is 1. The third-order valence-corrected chi connectivity index (χ3v) is 2.84. The van der Waals surface area contributed by atoms with Crippen molar-refractivity contribution in [1.29, 1.82) is 0 Å². The summed E-state index contributed by atoms with van der Waals surface area (Å²) in [5.74, 6) is -0.0864. The molecule has 1 unspecified atom stereocenters. The molecule has 2 aromatic rings. The van der Waals surface area contributed by atoms with Crippen LogP contribution < -0.4 is 11.1 Å². The number of carbonyl (C=O) groups is 1. The molecular formula is C12H15N5O. The Morgan fingerprint density at radius 1 is 1.44 bits per heavy atom. The molecule has 0 bridgehead atoms. The number of anilines is 1. The Hall–Kier alpha value is -2.37. The van der Waals surface area contributed by atoms with Crippen molar-refractivity contribution in [2.24, 2.45) is 0 Å². The molecule has 3 N–H and O–H groups in total. The molecule has 0 aliphatic rings. The summed E-state index contributed by atoms with van der Waals surface area (Å²) in [7, 11) is 1.61. The molecule has 0 radical (unpaired) electrons.